The Balaban J connectivity index is 1.63. The van der Waals surface area contributed by atoms with Gasteiger partial charge in [-0.2, -0.15) is 11.3 Å². The van der Waals surface area contributed by atoms with Gasteiger partial charge in [-0.1, -0.05) is 0 Å². The molecule has 6 nitrogen and oxygen atoms in total. The number of aromatic nitrogens is 2. The number of carbonyl (C=O) groups excluding carboxylic acids is 1. The summed E-state index contributed by atoms with van der Waals surface area (Å²) in [6.45, 7) is 4.09. The molecular weight excluding hydrogens is 324 g/mol. The maximum Gasteiger partial charge on any atom is 0.257 e. The maximum atomic E-state index is 12.5. The van der Waals surface area contributed by atoms with E-state index < -0.39 is 0 Å². The van der Waals surface area contributed by atoms with Gasteiger partial charge in [-0.3, -0.25) is 4.79 Å². The van der Waals surface area contributed by atoms with E-state index in [0.717, 1.165) is 30.9 Å². The number of ether oxygens (including phenoxy) is 1. The van der Waals surface area contributed by atoms with Gasteiger partial charge in [0.05, 0.1) is 19.1 Å². The lowest BCUT2D eigenvalue weighted by Gasteiger charge is -2.25. The van der Waals surface area contributed by atoms with Gasteiger partial charge in [0, 0.05) is 32.5 Å². The summed E-state index contributed by atoms with van der Waals surface area (Å²) in [5.41, 5.74) is 1.08. The smallest absolute Gasteiger partial charge is 0.257 e. The fourth-order valence-electron chi connectivity index (χ4n) is 2.92. The second kappa shape index (κ2) is 7.61. The summed E-state index contributed by atoms with van der Waals surface area (Å²) in [7, 11) is 1.89. The van der Waals surface area contributed by atoms with E-state index in [4.69, 9.17) is 4.74 Å². The molecule has 1 aliphatic rings. The van der Waals surface area contributed by atoms with Crippen LogP contribution in [0, 0.1) is 0 Å². The molecule has 0 unspecified atom stereocenters. The summed E-state index contributed by atoms with van der Waals surface area (Å²) in [5.74, 6) is 1.48. The number of rotatable bonds is 6. The lowest BCUT2D eigenvalue weighted by molar-refractivity contribution is -0.130. The predicted octanol–water partition coefficient (Wildman–Crippen LogP) is 2.22. The van der Waals surface area contributed by atoms with Crippen molar-refractivity contribution in [2.75, 3.05) is 31.6 Å². The highest BCUT2D eigenvalue weighted by Gasteiger charge is 2.30. The van der Waals surface area contributed by atoms with E-state index in [0.29, 0.717) is 18.9 Å². The van der Waals surface area contributed by atoms with Crippen molar-refractivity contribution < 1.29 is 9.53 Å². The van der Waals surface area contributed by atoms with Crippen molar-refractivity contribution in [1.29, 1.82) is 0 Å². The average Bonchev–Trinajstić information content (AvgIpc) is 3.26. The summed E-state index contributed by atoms with van der Waals surface area (Å²) in [6.07, 6.45) is 4.70. The molecule has 0 aromatic carbocycles. The largest absolute Gasteiger partial charge is 0.475 e. The van der Waals surface area contributed by atoms with Crippen molar-refractivity contribution in [3.63, 3.8) is 0 Å². The van der Waals surface area contributed by atoms with Crippen LogP contribution in [-0.4, -0.2) is 53.6 Å². The van der Waals surface area contributed by atoms with Gasteiger partial charge in [0.1, 0.15) is 0 Å². The topological polar surface area (TPSA) is 58.6 Å². The fourth-order valence-corrected chi connectivity index (χ4v) is 3.59. The summed E-state index contributed by atoms with van der Waals surface area (Å²) < 4.78 is 5.57. The monoisotopic (exact) mass is 346 g/mol. The Bertz CT molecular complexity index is 677. The molecule has 24 heavy (non-hydrogen) atoms. The molecule has 128 valence electrons. The third-order valence-electron chi connectivity index (χ3n) is 4.27. The molecule has 1 aliphatic heterocycles. The third-order valence-corrected chi connectivity index (χ3v) is 5.00. The normalized spacial score (nSPS) is 17.1. The van der Waals surface area contributed by atoms with Crippen molar-refractivity contribution in [3.8, 4) is 5.88 Å². The maximum absolute atomic E-state index is 12.5. The van der Waals surface area contributed by atoms with Crippen molar-refractivity contribution in [3.05, 3.63) is 34.8 Å². The van der Waals surface area contributed by atoms with E-state index in [2.05, 4.69) is 14.9 Å². The molecule has 0 bridgehead atoms. The molecular formula is C17H22N4O2S. The molecule has 0 spiro atoms. The van der Waals surface area contributed by atoms with E-state index in [-0.39, 0.29) is 11.9 Å². The molecule has 1 amide bonds. The SMILES string of the molecule is CCOc1nccnc1N1CC[C@@H](N(C)C(=O)Cc2ccsc2)C1. The van der Waals surface area contributed by atoms with Crippen LogP contribution >= 0.6 is 11.3 Å². The molecule has 7 heteroatoms. The van der Waals surface area contributed by atoms with Crippen LogP contribution in [0.4, 0.5) is 5.82 Å². The Morgan fingerprint density at radius 2 is 2.29 bits per heavy atom. The van der Waals surface area contributed by atoms with Gasteiger partial charge in [-0.15, -0.1) is 0 Å². The molecule has 1 saturated heterocycles. The highest BCUT2D eigenvalue weighted by atomic mass is 32.1. The van der Waals surface area contributed by atoms with Crippen molar-refractivity contribution in [2.24, 2.45) is 0 Å². The van der Waals surface area contributed by atoms with E-state index >= 15 is 0 Å². The standard InChI is InChI=1S/C17H22N4O2S/c1-3-23-17-16(18-6-7-19-17)21-8-4-14(11-21)20(2)15(22)10-13-5-9-24-12-13/h5-7,9,12,14H,3-4,8,10-11H2,1-2H3/t14-/m1/s1. The zero-order valence-corrected chi connectivity index (χ0v) is 14.8. The van der Waals surface area contributed by atoms with Gasteiger partial charge in [0.25, 0.3) is 5.88 Å². The van der Waals surface area contributed by atoms with Crippen LogP contribution in [0.5, 0.6) is 5.88 Å². The first-order valence-corrected chi connectivity index (χ1v) is 9.08. The number of anilines is 1. The van der Waals surface area contributed by atoms with Gasteiger partial charge in [-0.05, 0) is 35.7 Å². The number of amides is 1. The first-order chi connectivity index (χ1) is 11.7. The van der Waals surface area contributed by atoms with E-state index in [1.807, 2.05) is 35.7 Å². The lowest BCUT2D eigenvalue weighted by atomic mass is 10.2. The minimum absolute atomic E-state index is 0.157. The Hall–Kier alpha value is -2.15. The third kappa shape index (κ3) is 3.67. The Labute approximate surface area is 146 Å². The van der Waals surface area contributed by atoms with Gasteiger partial charge < -0.3 is 14.5 Å². The van der Waals surface area contributed by atoms with Crippen LogP contribution in [0.2, 0.25) is 0 Å². The number of thiophene rings is 1. The molecule has 0 N–H and O–H groups in total. The van der Waals surface area contributed by atoms with Gasteiger partial charge in [0.15, 0.2) is 5.82 Å². The Morgan fingerprint density at radius 1 is 1.46 bits per heavy atom. The van der Waals surface area contributed by atoms with Gasteiger partial charge >= 0.3 is 0 Å². The molecule has 2 aromatic heterocycles. The molecule has 3 rings (SSSR count). The second-order valence-corrected chi connectivity index (χ2v) is 6.60. The average molecular weight is 346 g/mol. The van der Waals surface area contributed by atoms with E-state index in [1.54, 1.807) is 23.7 Å². The zero-order chi connectivity index (χ0) is 16.9. The van der Waals surface area contributed by atoms with Crippen LogP contribution in [0.1, 0.15) is 18.9 Å². The number of hydrogen-bond donors (Lipinski definition) is 0. The Kier molecular flexibility index (Phi) is 5.30. The van der Waals surface area contributed by atoms with Crippen molar-refractivity contribution >= 4 is 23.1 Å². The molecule has 2 aromatic rings. The van der Waals surface area contributed by atoms with E-state index in [1.165, 1.54) is 0 Å². The molecule has 0 saturated carbocycles. The first kappa shape index (κ1) is 16.7. The summed E-state index contributed by atoms with van der Waals surface area (Å²) in [6, 6.07) is 2.19. The highest BCUT2D eigenvalue weighted by molar-refractivity contribution is 7.08. The number of hydrogen-bond acceptors (Lipinski definition) is 6. The highest BCUT2D eigenvalue weighted by Crippen LogP contribution is 2.27. The van der Waals surface area contributed by atoms with E-state index in [9.17, 15) is 4.79 Å². The number of nitrogens with zero attached hydrogens (tertiary/aromatic N) is 4. The quantitative estimate of drug-likeness (QED) is 0.803. The summed E-state index contributed by atoms with van der Waals surface area (Å²) in [5, 5.41) is 4.03. The predicted molar refractivity (Wildman–Crippen MR) is 94.6 cm³/mol. The second-order valence-electron chi connectivity index (χ2n) is 5.82. The minimum Gasteiger partial charge on any atom is -0.475 e. The Morgan fingerprint density at radius 3 is 3.04 bits per heavy atom. The zero-order valence-electron chi connectivity index (χ0n) is 14.0. The first-order valence-electron chi connectivity index (χ1n) is 8.14. The molecule has 0 radical (unpaired) electrons. The number of carbonyl (C=O) groups is 1. The molecule has 0 aliphatic carbocycles. The lowest BCUT2D eigenvalue weighted by Crippen LogP contribution is -2.40. The van der Waals surface area contributed by atoms with Gasteiger partial charge in [0.2, 0.25) is 5.91 Å². The van der Waals surface area contributed by atoms with Crippen LogP contribution in [0.15, 0.2) is 29.2 Å². The van der Waals surface area contributed by atoms with Crippen LogP contribution in [-0.2, 0) is 11.2 Å². The van der Waals surface area contributed by atoms with Crippen LogP contribution in [0.3, 0.4) is 0 Å². The fraction of sp³-hybridized carbons (Fsp3) is 0.471. The summed E-state index contributed by atoms with van der Waals surface area (Å²) in [4.78, 5) is 25.2. The van der Waals surface area contributed by atoms with Crippen LogP contribution < -0.4 is 9.64 Å². The number of likely N-dealkylation sites (N-methyl/N-ethyl adjacent to an activating group) is 1. The minimum atomic E-state index is 0.157. The molecule has 1 atom stereocenters. The van der Waals surface area contributed by atoms with Crippen molar-refractivity contribution in [1.82, 2.24) is 14.9 Å². The van der Waals surface area contributed by atoms with Gasteiger partial charge in [-0.25, -0.2) is 9.97 Å². The summed E-state index contributed by atoms with van der Waals surface area (Å²) >= 11 is 1.62. The molecule has 1 fully saturated rings. The van der Waals surface area contributed by atoms with Crippen LogP contribution in [0.25, 0.3) is 0 Å². The molecule has 3 heterocycles. The van der Waals surface area contributed by atoms with Crippen molar-refractivity contribution in [2.45, 2.75) is 25.8 Å².